The Morgan fingerprint density at radius 2 is 1.58 bits per heavy atom. The number of hydrogen-bond donors (Lipinski definition) is 6. The molecule has 0 spiro atoms. The Morgan fingerprint density at radius 3 is 2.27 bits per heavy atom. The molecule has 4 aromatic carbocycles. The fourth-order valence-corrected chi connectivity index (χ4v) is 10.9. The van der Waals surface area contributed by atoms with Gasteiger partial charge in [0.15, 0.2) is 0 Å². The maximum absolute atomic E-state index is 14.3. The van der Waals surface area contributed by atoms with Crippen LogP contribution in [0.4, 0.5) is 5.69 Å². The number of primary amides is 1. The predicted molar refractivity (Wildman–Crippen MR) is 280 cm³/mol. The number of β-amino-alcohol motifs (C(OH)–C–C–N with tert-alkyl or cyclic N) is 1. The number of anilines is 1. The highest BCUT2D eigenvalue weighted by Crippen LogP contribution is 2.39. The second-order valence-electron chi connectivity index (χ2n) is 20.7. The quantitative estimate of drug-likeness (QED) is 0.0685. The Bertz CT molecular complexity index is 2850. The highest BCUT2D eigenvalue weighted by atomic mass is 32.1. The summed E-state index contributed by atoms with van der Waals surface area (Å²) in [4.78, 5) is 89.3. The summed E-state index contributed by atoms with van der Waals surface area (Å²) >= 11 is 1.57. The summed E-state index contributed by atoms with van der Waals surface area (Å²) in [5.41, 5.74) is 21.8. The molecule has 4 heterocycles. The Labute approximate surface area is 430 Å². The zero-order valence-electron chi connectivity index (χ0n) is 42.1. The minimum atomic E-state index is -0.975. The van der Waals surface area contributed by atoms with Crippen LogP contribution >= 0.6 is 11.3 Å². The molecule has 17 heteroatoms. The first-order valence-electron chi connectivity index (χ1n) is 25.0. The molecule has 1 saturated heterocycles. The maximum atomic E-state index is 14.3. The Kier molecular flexibility index (Phi) is 16.2. The monoisotopic (exact) mass is 1010 g/mol. The van der Waals surface area contributed by atoms with Crippen LogP contribution in [0.25, 0.3) is 21.6 Å². The second-order valence-corrected chi connectivity index (χ2v) is 21.5. The fourth-order valence-electron chi connectivity index (χ4n) is 10.0. The van der Waals surface area contributed by atoms with Gasteiger partial charge in [0.1, 0.15) is 18.1 Å². The van der Waals surface area contributed by atoms with Gasteiger partial charge in [0.2, 0.25) is 35.4 Å². The molecule has 8 rings (SSSR count). The Balaban J connectivity index is 0.856. The number of carbonyl (C=O) groups excluding carboxylic acids is 6. The minimum Gasteiger partial charge on any atom is -0.391 e. The summed E-state index contributed by atoms with van der Waals surface area (Å²) in [6.45, 7) is 9.78. The lowest BCUT2D eigenvalue weighted by molar-refractivity contribution is -0.144. The number of carbonyl (C=O) groups is 6. The lowest BCUT2D eigenvalue weighted by Crippen LogP contribution is -2.58. The molecule has 73 heavy (non-hydrogen) atoms. The Morgan fingerprint density at radius 1 is 0.877 bits per heavy atom. The zero-order valence-corrected chi connectivity index (χ0v) is 42.9. The summed E-state index contributed by atoms with van der Waals surface area (Å²) in [5.74, 6) is -2.31. The van der Waals surface area contributed by atoms with Crippen LogP contribution in [0, 0.1) is 12.3 Å². The van der Waals surface area contributed by atoms with E-state index in [1.165, 1.54) is 4.90 Å². The van der Waals surface area contributed by atoms with E-state index >= 15 is 0 Å². The SMILES string of the molecule is Cc1ncsc1-c1ccc(CNC(=O)[C@@H]2C[C@@H](O)CN2C(=O)[C@@H](NC(=O)Cc2cccc(-c3ccc(CO[C@H](C)[C@H](CCC(N)=O)NC(=O)[C@@H]4Cc5cccc6c5N4C(=O)[C@@H](N)CC6)cc3)c2)C(C)(C)C)cc1. The number of rotatable bonds is 18. The molecule has 3 aliphatic rings. The summed E-state index contributed by atoms with van der Waals surface area (Å²) in [6, 6.07) is 25.1. The predicted octanol–water partition coefficient (Wildman–Crippen LogP) is 5.02. The molecule has 1 fully saturated rings. The van der Waals surface area contributed by atoms with Gasteiger partial charge in [0, 0.05) is 32.4 Å². The molecule has 7 atom stereocenters. The van der Waals surface area contributed by atoms with Crippen molar-refractivity contribution in [3.8, 4) is 21.6 Å². The third kappa shape index (κ3) is 12.4. The van der Waals surface area contributed by atoms with Crippen molar-refractivity contribution in [1.82, 2.24) is 25.8 Å². The van der Waals surface area contributed by atoms with E-state index in [1.54, 1.807) is 16.2 Å². The highest BCUT2D eigenvalue weighted by Gasteiger charge is 2.45. The topological polar surface area (TPSA) is 239 Å². The van der Waals surface area contributed by atoms with Crippen molar-refractivity contribution in [1.29, 1.82) is 0 Å². The van der Waals surface area contributed by atoms with Crippen LogP contribution < -0.4 is 32.3 Å². The smallest absolute Gasteiger partial charge is 0.246 e. The van der Waals surface area contributed by atoms with Crippen LogP contribution in [0.2, 0.25) is 0 Å². The number of hydrogen-bond acceptors (Lipinski definition) is 11. The van der Waals surface area contributed by atoms with Gasteiger partial charge in [-0.3, -0.25) is 33.7 Å². The molecule has 0 unspecified atom stereocenters. The van der Waals surface area contributed by atoms with Gasteiger partial charge in [-0.15, -0.1) is 11.3 Å². The fraction of sp³-hybridized carbons (Fsp3) is 0.411. The number of aryl methyl sites for hydroxylation is 2. The first-order valence-corrected chi connectivity index (χ1v) is 25.9. The largest absolute Gasteiger partial charge is 0.391 e. The van der Waals surface area contributed by atoms with Gasteiger partial charge in [0.25, 0.3) is 0 Å². The van der Waals surface area contributed by atoms with Gasteiger partial charge in [-0.2, -0.15) is 0 Å². The summed E-state index contributed by atoms with van der Waals surface area (Å²) in [5, 5.41) is 19.7. The van der Waals surface area contributed by atoms with Crippen molar-refractivity contribution in [2.75, 3.05) is 11.4 Å². The molecule has 16 nitrogen and oxygen atoms in total. The van der Waals surface area contributed by atoms with Crippen molar-refractivity contribution >= 4 is 52.5 Å². The first kappa shape index (κ1) is 52.5. The molecule has 0 aliphatic carbocycles. The number of nitrogens with zero attached hydrogens (tertiary/aromatic N) is 3. The highest BCUT2D eigenvalue weighted by molar-refractivity contribution is 7.13. The van der Waals surface area contributed by atoms with Gasteiger partial charge < -0.3 is 42.2 Å². The molecular weight excluding hydrogens is 945 g/mol. The Hall–Kier alpha value is -6.79. The van der Waals surface area contributed by atoms with E-state index in [4.69, 9.17) is 16.2 Å². The van der Waals surface area contributed by atoms with E-state index in [2.05, 4.69) is 20.9 Å². The van der Waals surface area contributed by atoms with Gasteiger partial charge in [0.05, 0.1) is 59.1 Å². The third-order valence-corrected chi connectivity index (χ3v) is 15.1. The lowest BCUT2D eigenvalue weighted by atomic mass is 9.85. The number of thiazole rings is 1. The van der Waals surface area contributed by atoms with E-state index in [9.17, 15) is 33.9 Å². The average molecular weight is 1010 g/mol. The molecule has 1 aromatic heterocycles. The van der Waals surface area contributed by atoms with E-state index in [1.807, 2.05) is 131 Å². The van der Waals surface area contributed by atoms with Gasteiger partial charge in [-0.1, -0.05) is 112 Å². The number of benzene rings is 4. The number of ether oxygens (including phenoxy) is 1. The summed E-state index contributed by atoms with van der Waals surface area (Å²) in [6.07, 6.45) is 0.436. The van der Waals surface area contributed by atoms with Gasteiger partial charge in [-0.25, -0.2) is 4.98 Å². The standard InChI is InChI=1S/C56H66N8O8S/c1-32-50(73-31-60-32)39-18-12-34(13-19-39)28-59-52(68)45-27-42(65)29-63(45)55(71)51(56(3,4)5)62-48(67)25-36-8-6-10-40(24-36)37-16-14-35(15-17-37)30-72-33(2)44(22-23-47(58)66)61-53(69)46-26-41-11-7-9-38-20-21-43(57)54(70)64(46)49(38)41/h6-19,24,31,33,42-46,51,65H,20-23,25-30,57H2,1-5H3,(H2,58,66)(H,59,68)(H,61,69)(H,62,67)/t33-,42-,43+,44+,45+,46+,51-/m1/s1. The number of aromatic nitrogens is 1. The van der Waals surface area contributed by atoms with Crippen molar-refractivity contribution < 1.29 is 38.6 Å². The van der Waals surface area contributed by atoms with Crippen LogP contribution in [0.1, 0.15) is 86.9 Å². The number of para-hydroxylation sites is 1. The third-order valence-electron chi connectivity index (χ3n) is 14.2. The summed E-state index contributed by atoms with van der Waals surface area (Å²) < 4.78 is 6.30. The minimum absolute atomic E-state index is 0.00450. The molecule has 3 aliphatic heterocycles. The molecular formula is C56H66N8O8S. The van der Waals surface area contributed by atoms with Crippen LogP contribution in [-0.2, 0) is 65.9 Å². The van der Waals surface area contributed by atoms with E-state index in [0.717, 1.165) is 60.8 Å². The van der Waals surface area contributed by atoms with E-state index in [0.29, 0.717) is 19.3 Å². The van der Waals surface area contributed by atoms with Crippen LogP contribution in [0.3, 0.4) is 0 Å². The van der Waals surface area contributed by atoms with Crippen molar-refractivity contribution in [3.05, 3.63) is 130 Å². The average Bonchev–Trinajstić information content (AvgIpc) is 4.08. The maximum Gasteiger partial charge on any atom is 0.246 e. The van der Waals surface area contributed by atoms with E-state index in [-0.39, 0.29) is 69.0 Å². The zero-order chi connectivity index (χ0) is 52.1. The summed E-state index contributed by atoms with van der Waals surface area (Å²) in [7, 11) is 0. The van der Waals surface area contributed by atoms with Gasteiger partial charge in [-0.05, 0) is 83.0 Å². The lowest BCUT2D eigenvalue weighted by Gasteiger charge is -2.35. The number of nitrogens with two attached hydrogens (primary N) is 2. The van der Waals surface area contributed by atoms with Crippen molar-refractivity contribution in [2.45, 2.75) is 135 Å². The molecule has 8 N–H and O–H groups in total. The number of aliphatic hydroxyl groups is 1. The van der Waals surface area contributed by atoms with Crippen molar-refractivity contribution in [3.63, 3.8) is 0 Å². The van der Waals surface area contributed by atoms with E-state index < -0.39 is 59.6 Å². The van der Waals surface area contributed by atoms with Crippen molar-refractivity contribution in [2.24, 2.45) is 16.9 Å². The van der Waals surface area contributed by atoms with Crippen LogP contribution in [0.5, 0.6) is 0 Å². The number of nitrogens with one attached hydrogen (secondary N) is 3. The molecule has 6 amide bonds. The molecule has 5 aromatic rings. The van der Waals surface area contributed by atoms with Crippen LogP contribution in [-0.4, -0.2) is 99.4 Å². The molecule has 0 bridgehead atoms. The number of amides is 6. The number of likely N-dealkylation sites (tertiary alicyclic amines) is 1. The first-order chi connectivity index (χ1) is 34.8. The normalized spacial score (nSPS) is 19.6. The molecule has 0 radical (unpaired) electrons. The molecule has 0 saturated carbocycles. The van der Waals surface area contributed by atoms with Gasteiger partial charge >= 0.3 is 0 Å². The van der Waals surface area contributed by atoms with Crippen LogP contribution in [0.15, 0.2) is 96.5 Å². The second kappa shape index (κ2) is 22.5. The number of aliphatic hydroxyl groups excluding tert-OH is 1. The molecule has 384 valence electrons.